The lowest BCUT2D eigenvalue weighted by Crippen LogP contribution is -2.20. The van der Waals surface area contributed by atoms with Crippen molar-refractivity contribution in [1.82, 2.24) is 5.43 Å². The number of rotatable bonds is 2. The largest absolute Gasteiger partial charge is 0.315 e. The zero-order valence-electron chi connectivity index (χ0n) is 7.68. The number of nitrogens with two attached hydrogens (primary N) is 1. The van der Waals surface area contributed by atoms with Gasteiger partial charge in [-0.1, -0.05) is 26.8 Å². The molecule has 11 heavy (non-hydrogen) atoms. The molecule has 0 rings (SSSR count). The minimum atomic E-state index is 0.0854. The summed E-state index contributed by atoms with van der Waals surface area (Å²) < 4.78 is 0. The molecule has 0 aromatic rings. The maximum atomic E-state index is 5.05. The van der Waals surface area contributed by atoms with Gasteiger partial charge in [-0.15, -0.1) is 0 Å². The summed E-state index contributed by atoms with van der Waals surface area (Å²) in [6.45, 7) is 8.29. The highest BCUT2D eigenvalue weighted by Gasteiger charge is 2.14. The van der Waals surface area contributed by atoms with Gasteiger partial charge in [-0.2, -0.15) is 0 Å². The molecule has 3 N–H and O–H groups in total. The molecule has 3 nitrogen and oxygen atoms in total. The van der Waals surface area contributed by atoms with Crippen LogP contribution < -0.4 is 11.3 Å². The smallest absolute Gasteiger partial charge is 0.102 e. The van der Waals surface area contributed by atoms with Crippen molar-refractivity contribution < 1.29 is 0 Å². The first-order valence-electron chi connectivity index (χ1n) is 3.68. The zero-order valence-corrected chi connectivity index (χ0v) is 7.68. The summed E-state index contributed by atoms with van der Waals surface area (Å²) in [5.74, 6) is 5.05. The Morgan fingerprint density at radius 1 is 1.45 bits per heavy atom. The van der Waals surface area contributed by atoms with Crippen LogP contribution in [0.15, 0.2) is 16.8 Å². The van der Waals surface area contributed by atoms with E-state index < -0.39 is 0 Å². The minimum Gasteiger partial charge on any atom is -0.315 e. The highest BCUT2D eigenvalue weighted by Crippen LogP contribution is 2.25. The number of hydrogen-bond donors (Lipinski definition) is 2. The molecular weight excluding hydrogens is 138 g/mol. The molecule has 0 aromatic heterocycles. The van der Waals surface area contributed by atoms with Gasteiger partial charge in [-0.25, -0.2) is 10.8 Å². The predicted octanol–water partition coefficient (Wildman–Crippen LogP) is 1.43. The van der Waals surface area contributed by atoms with Crippen LogP contribution in [0.4, 0.5) is 0 Å². The van der Waals surface area contributed by atoms with E-state index in [-0.39, 0.29) is 5.41 Å². The van der Waals surface area contributed by atoms with Crippen molar-refractivity contribution >= 4 is 6.34 Å². The Morgan fingerprint density at radius 2 is 2.00 bits per heavy atom. The van der Waals surface area contributed by atoms with Crippen LogP contribution in [0.5, 0.6) is 0 Å². The Balaban J connectivity index is 4.33. The molecule has 0 saturated carbocycles. The number of nitrogens with one attached hydrogen (secondary N) is 1. The number of hydrazine groups is 1. The molecule has 3 heteroatoms. The molecule has 0 unspecified atom stereocenters. The second-order valence-corrected chi connectivity index (χ2v) is 3.35. The van der Waals surface area contributed by atoms with E-state index in [2.05, 4.69) is 31.2 Å². The fraction of sp³-hybridized carbons (Fsp3) is 0.625. The van der Waals surface area contributed by atoms with Gasteiger partial charge in [0.15, 0.2) is 0 Å². The quantitative estimate of drug-likeness (QED) is 0.274. The molecule has 64 valence electrons. The van der Waals surface area contributed by atoms with Gasteiger partial charge in [-0.3, -0.25) is 0 Å². The van der Waals surface area contributed by atoms with E-state index in [0.29, 0.717) is 0 Å². The van der Waals surface area contributed by atoms with Gasteiger partial charge < -0.3 is 5.43 Å². The highest BCUT2D eigenvalue weighted by molar-refractivity contribution is 5.55. The van der Waals surface area contributed by atoms with E-state index in [1.807, 2.05) is 13.0 Å². The average molecular weight is 155 g/mol. The van der Waals surface area contributed by atoms with Gasteiger partial charge in [0.1, 0.15) is 6.34 Å². The summed E-state index contributed by atoms with van der Waals surface area (Å²) in [4.78, 5) is 4.13. The van der Waals surface area contributed by atoms with Crippen molar-refractivity contribution in [2.45, 2.75) is 27.7 Å². The van der Waals surface area contributed by atoms with E-state index in [4.69, 9.17) is 5.84 Å². The fourth-order valence-corrected chi connectivity index (χ4v) is 0.808. The van der Waals surface area contributed by atoms with Crippen LogP contribution in [0.2, 0.25) is 0 Å². The van der Waals surface area contributed by atoms with Crippen LogP contribution in [-0.2, 0) is 0 Å². The van der Waals surface area contributed by atoms with Gasteiger partial charge in [0.25, 0.3) is 0 Å². The van der Waals surface area contributed by atoms with Crippen molar-refractivity contribution in [3.63, 3.8) is 0 Å². The van der Waals surface area contributed by atoms with Crippen molar-refractivity contribution in [2.75, 3.05) is 0 Å². The first kappa shape index (κ1) is 10.2. The predicted molar refractivity (Wildman–Crippen MR) is 49.0 cm³/mol. The lowest BCUT2D eigenvalue weighted by molar-refractivity contribution is 0.497. The van der Waals surface area contributed by atoms with Crippen LogP contribution in [0.1, 0.15) is 27.7 Å². The molecule has 0 saturated heterocycles. The van der Waals surface area contributed by atoms with Crippen LogP contribution in [0.25, 0.3) is 0 Å². The van der Waals surface area contributed by atoms with E-state index >= 15 is 0 Å². The molecular formula is C8H17N3. The molecule has 0 fully saturated rings. The summed E-state index contributed by atoms with van der Waals surface area (Å²) >= 11 is 0. The molecule has 0 aliphatic heterocycles. The van der Waals surface area contributed by atoms with Crippen molar-refractivity contribution in [3.05, 3.63) is 11.8 Å². The third-order valence-corrected chi connectivity index (χ3v) is 1.32. The number of nitrogens with zero attached hydrogens (tertiary/aromatic N) is 1. The van der Waals surface area contributed by atoms with Crippen LogP contribution >= 0.6 is 0 Å². The monoisotopic (exact) mass is 155 g/mol. The Bertz CT molecular complexity index is 163. The third kappa shape index (κ3) is 3.78. The normalized spacial score (nSPS) is 14.1. The van der Waals surface area contributed by atoms with Crippen molar-refractivity contribution in [1.29, 1.82) is 0 Å². The number of hydrogen-bond acceptors (Lipinski definition) is 2. The standard InChI is InChI=1S/C8H17N3/c1-5-7(8(2,3)4)10-6-11-9/h5-6H,9H2,1-4H3,(H,10,11)/b7-5-. The van der Waals surface area contributed by atoms with Gasteiger partial charge in [-0.05, 0) is 6.92 Å². The Morgan fingerprint density at radius 3 is 2.27 bits per heavy atom. The first-order valence-corrected chi connectivity index (χ1v) is 3.68. The Hall–Kier alpha value is -0.830. The van der Waals surface area contributed by atoms with Gasteiger partial charge in [0, 0.05) is 11.1 Å². The Kier molecular flexibility index (Phi) is 3.82. The van der Waals surface area contributed by atoms with Gasteiger partial charge in [0.2, 0.25) is 0 Å². The number of allylic oxidation sites excluding steroid dienone is 2. The third-order valence-electron chi connectivity index (χ3n) is 1.32. The fourth-order valence-electron chi connectivity index (χ4n) is 0.808. The summed E-state index contributed by atoms with van der Waals surface area (Å²) in [7, 11) is 0. The maximum absolute atomic E-state index is 5.05. The molecule has 0 aliphatic rings. The summed E-state index contributed by atoms with van der Waals surface area (Å²) in [6.07, 6.45) is 3.47. The molecule has 0 radical (unpaired) electrons. The second kappa shape index (κ2) is 4.13. The topological polar surface area (TPSA) is 50.4 Å². The van der Waals surface area contributed by atoms with E-state index in [1.165, 1.54) is 6.34 Å². The van der Waals surface area contributed by atoms with Gasteiger partial charge in [0.05, 0.1) is 0 Å². The average Bonchev–Trinajstić information content (AvgIpc) is 1.87. The second-order valence-electron chi connectivity index (χ2n) is 3.35. The summed E-state index contributed by atoms with van der Waals surface area (Å²) in [5.41, 5.74) is 3.48. The van der Waals surface area contributed by atoms with E-state index in [9.17, 15) is 0 Å². The van der Waals surface area contributed by atoms with E-state index in [0.717, 1.165) is 5.70 Å². The van der Waals surface area contributed by atoms with Gasteiger partial charge >= 0.3 is 0 Å². The first-order chi connectivity index (χ1) is 5.02. The SMILES string of the molecule is C/C=C(\N=C/NN)C(C)(C)C. The number of aliphatic imine (C=N–C) groups is 1. The van der Waals surface area contributed by atoms with Crippen molar-refractivity contribution in [2.24, 2.45) is 16.3 Å². The Labute approximate surface area is 68.4 Å². The summed E-state index contributed by atoms with van der Waals surface area (Å²) in [5, 5.41) is 0. The molecule has 0 heterocycles. The molecule has 0 atom stereocenters. The van der Waals surface area contributed by atoms with Crippen LogP contribution in [-0.4, -0.2) is 6.34 Å². The lowest BCUT2D eigenvalue weighted by atomic mass is 9.92. The van der Waals surface area contributed by atoms with Crippen molar-refractivity contribution in [3.8, 4) is 0 Å². The maximum Gasteiger partial charge on any atom is 0.102 e. The van der Waals surface area contributed by atoms with Crippen LogP contribution in [0.3, 0.4) is 0 Å². The summed E-state index contributed by atoms with van der Waals surface area (Å²) in [6, 6.07) is 0. The highest BCUT2D eigenvalue weighted by atomic mass is 15.2. The van der Waals surface area contributed by atoms with Crippen LogP contribution in [0, 0.1) is 5.41 Å². The molecule has 0 aliphatic carbocycles. The molecule has 0 spiro atoms. The molecule has 0 amide bonds. The lowest BCUT2D eigenvalue weighted by Gasteiger charge is -2.18. The zero-order chi connectivity index (χ0) is 8.91. The minimum absolute atomic E-state index is 0.0854. The molecule has 0 aromatic carbocycles. The van der Waals surface area contributed by atoms with E-state index in [1.54, 1.807) is 0 Å². The molecule has 0 bridgehead atoms.